The predicted octanol–water partition coefficient (Wildman–Crippen LogP) is 2.04. The first kappa shape index (κ1) is 14.9. The molecule has 2 aromatic heterocycles. The summed E-state index contributed by atoms with van der Waals surface area (Å²) < 4.78 is 4.86. The van der Waals surface area contributed by atoms with Crippen LogP contribution in [0.15, 0.2) is 23.4 Å². The average molecular weight is 286 g/mol. The van der Waals surface area contributed by atoms with Crippen LogP contribution in [0.4, 0.5) is 0 Å². The Balaban J connectivity index is 2.18. The Labute approximate surface area is 123 Å². The molecule has 0 unspecified atom stereocenters. The van der Waals surface area contributed by atoms with Crippen molar-refractivity contribution < 1.29 is 4.74 Å². The first-order chi connectivity index (χ1) is 9.90. The van der Waals surface area contributed by atoms with Gasteiger partial charge in [0.2, 0.25) is 5.75 Å². The van der Waals surface area contributed by atoms with Crippen LogP contribution in [0.25, 0.3) is 12.2 Å². The van der Waals surface area contributed by atoms with E-state index in [1.165, 1.54) is 13.3 Å². The van der Waals surface area contributed by atoms with E-state index in [1.807, 2.05) is 0 Å². The van der Waals surface area contributed by atoms with Crippen LogP contribution in [0.3, 0.4) is 0 Å². The van der Waals surface area contributed by atoms with E-state index in [2.05, 4.69) is 40.7 Å². The van der Waals surface area contributed by atoms with Crippen LogP contribution in [-0.4, -0.2) is 27.0 Å². The van der Waals surface area contributed by atoms with Gasteiger partial charge in [-0.1, -0.05) is 20.8 Å². The summed E-state index contributed by atoms with van der Waals surface area (Å²) in [5.74, 6) is 1.42. The lowest BCUT2D eigenvalue weighted by Crippen LogP contribution is -2.15. The van der Waals surface area contributed by atoms with Crippen LogP contribution >= 0.6 is 0 Å². The minimum Gasteiger partial charge on any atom is -0.490 e. The molecule has 0 aliphatic rings. The molecule has 0 fully saturated rings. The molecule has 0 aliphatic carbocycles. The fraction of sp³-hybridized carbons (Fsp3) is 0.333. The highest BCUT2D eigenvalue weighted by Gasteiger charge is 2.16. The van der Waals surface area contributed by atoms with E-state index in [0.717, 1.165) is 11.4 Å². The van der Waals surface area contributed by atoms with Gasteiger partial charge in [0.1, 0.15) is 11.6 Å². The maximum atomic E-state index is 11.6. The van der Waals surface area contributed by atoms with Crippen molar-refractivity contribution in [1.29, 1.82) is 0 Å². The Kier molecular flexibility index (Phi) is 4.16. The van der Waals surface area contributed by atoms with Crippen molar-refractivity contribution >= 4 is 12.2 Å². The molecule has 0 amide bonds. The van der Waals surface area contributed by atoms with Gasteiger partial charge in [-0.25, -0.2) is 15.0 Å². The second-order valence-electron chi connectivity index (χ2n) is 5.59. The Hall–Kier alpha value is -2.50. The molecule has 2 rings (SSSR count). The Morgan fingerprint density at radius 1 is 1.10 bits per heavy atom. The Morgan fingerprint density at radius 2 is 1.76 bits per heavy atom. The molecule has 0 spiro atoms. The van der Waals surface area contributed by atoms with E-state index in [1.54, 1.807) is 24.5 Å². The fourth-order valence-electron chi connectivity index (χ4n) is 1.61. The first-order valence-electron chi connectivity index (χ1n) is 6.54. The van der Waals surface area contributed by atoms with Gasteiger partial charge in [0.15, 0.2) is 0 Å². The number of H-pyrrole nitrogens is 1. The summed E-state index contributed by atoms with van der Waals surface area (Å²) >= 11 is 0. The van der Waals surface area contributed by atoms with Gasteiger partial charge in [-0.05, 0) is 12.2 Å². The zero-order valence-electron chi connectivity index (χ0n) is 12.5. The molecule has 0 aliphatic heterocycles. The van der Waals surface area contributed by atoms with Crippen LogP contribution in [0.2, 0.25) is 0 Å². The van der Waals surface area contributed by atoms with Crippen molar-refractivity contribution in [3.63, 3.8) is 0 Å². The number of aromatic nitrogens is 4. The molecule has 1 N–H and O–H groups in total. The van der Waals surface area contributed by atoms with Crippen LogP contribution < -0.4 is 10.3 Å². The molecule has 6 nitrogen and oxygen atoms in total. The highest BCUT2D eigenvalue weighted by atomic mass is 16.5. The molecule has 2 aromatic rings. The summed E-state index contributed by atoms with van der Waals surface area (Å²) in [5, 5.41) is 0. The maximum Gasteiger partial charge on any atom is 0.293 e. The smallest absolute Gasteiger partial charge is 0.293 e. The summed E-state index contributed by atoms with van der Waals surface area (Å²) in [5.41, 5.74) is 0.443. The summed E-state index contributed by atoms with van der Waals surface area (Å²) in [7, 11) is 1.43. The number of aromatic amines is 1. The van der Waals surface area contributed by atoms with Gasteiger partial charge in [0.05, 0.1) is 13.3 Å². The van der Waals surface area contributed by atoms with E-state index < -0.39 is 0 Å². The average Bonchev–Trinajstić information content (AvgIpc) is 2.45. The molecular weight excluding hydrogens is 268 g/mol. The van der Waals surface area contributed by atoms with E-state index in [0.29, 0.717) is 5.82 Å². The number of rotatable bonds is 3. The molecule has 0 saturated heterocycles. The van der Waals surface area contributed by atoms with E-state index in [4.69, 9.17) is 4.74 Å². The van der Waals surface area contributed by atoms with Crippen molar-refractivity contribution in [3.8, 4) is 5.75 Å². The van der Waals surface area contributed by atoms with Gasteiger partial charge >= 0.3 is 0 Å². The number of methoxy groups -OCH3 is 1. The summed E-state index contributed by atoms with van der Waals surface area (Å²) in [4.78, 5) is 26.9. The van der Waals surface area contributed by atoms with Crippen molar-refractivity contribution in [2.24, 2.45) is 0 Å². The molecule has 110 valence electrons. The highest BCUT2D eigenvalue weighted by Crippen LogP contribution is 2.17. The number of ether oxygens (including phenoxy) is 1. The fourth-order valence-corrected chi connectivity index (χ4v) is 1.61. The summed E-state index contributed by atoms with van der Waals surface area (Å²) in [6.45, 7) is 6.18. The summed E-state index contributed by atoms with van der Waals surface area (Å²) in [6, 6.07) is 0. The van der Waals surface area contributed by atoms with E-state index in [9.17, 15) is 4.79 Å². The van der Waals surface area contributed by atoms with Gasteiger partial charge in [0, 0.05) is 23.4 Å². The zero-order chi connectivity index (χ0) is 15.5. The predicted molar refractivity (Wildman–Crippen MR) is 81.1 cm³/mol. The quantitative estimate of drug-likeness (QED) is 0.933. The lowest BCUT2D eigenvalue weighted by atomic mass is 9.96. The molecule has 2 heterocycles. The second kappa shape index (κ2) is 5.87. The van der Waals surface area contributed by atoms with Crippen LogP contribution in [-0.2, 0) is 5.41 Å². The Morgan fingerprint density at radius 3 is 2.29 bits per heavy atom. The Bertz CT molecular complexity index is 697. The van der Waals surface area contributed by atoms with Gasteiger partial charge in [-0.3, -0.25) is 4.79 Å². The van der Waals surface area contributed by atoms with E-state index in [-0.39, 0.29) is 16.7 Å². The maximum absolute atomic E-state index is 11.6. The van der Waals surface area contributed by atoms with Crippen LogP contribution in [0.1, 0.15) is 38.0 Å². The number of hydrogen-bond donors (Lipinski definition) is 1. The van der Waals surface area contributed by atoms with Gasteiger partial charge < -0.3 is 9.72 Å². The zero-order valence-corrected chi connectivity index (χ0v) is 12.5. The van der Waals surface area contributed by atoms with Crippen molar-refractivity contribution in [1.82, 2.24) is 19.9 Å². The third-order valence-electron chi connectivity index (χ3n) is 2.78. The number of nitrogens with zero attached hydrogens (tertiary/aromatic N) is 3. The van der Waals surface area contributed by atoms with Crippen molar-refractivity contribution in [3.05, 3.63) is 46.2 Å². The molecule has 6 heteroatoms. The van der Waals surface area contributed by atoms with Crippen molar-refractivity contribution in [2.75, 3.05) is 7.11 Å². The minimum atomic E-state index is -0.313. The van der Waals surface area contributed by atoms with Crippen molar-refractivity contribution in [2.45, 2.75) is 26.2 Å². The molecule has 0 saturated carbocycles. The molecule has 0 atom stereocenters. The largest absolute Gasteiger partial charge is 0.490 e. The lowest BCUT2D eigenvalue weighted by Gasteiger charge is -2.15. The highest BCUT2D eigenvalue weighted by molar-refractivity contribution is 5.65. The third kappa shape index (κ3) is 3.75. The first-order valence-corrected chi connectivity index (χ1v) is 6.54. The number of hydrogen-bond acceptors (Lipinski definition) is 5. The molecule has 0 aromatic carbocycles. The van der Waals surface area contributed by atoms with Crippen LogP contribution in [0, 0.1) is 0 Å². The second-order valence-corrected chi connectivity index (χ2v) is 5.59. The minimum absolute atomic E-state index is 0.0784. The normalized spacial score (nSPS) is 11.8. The van der Waals surface area contributed by atoms with Gasteiger partial charge in [-0.15, -0.1) is 0 Å². The molecule has 0 radical (unpaired) electrons. The third-order valence-corrected chi connectivity index (χ3v) is 2.78. The molecule has 21 heavy (non-hydrogen) atoms. The SMILES string of the molecule is COc1cnc(/C=C/c2cnc(C(C)(C)C)nc2)[nH]c1=O. The number of nitrogens with one attached hydrogen (secondary N) is 1. The standard InChI is InChI=1S/C15H18N4O2/c1-15(2,3)14-17-7-10(8-18-14)5-6-12-16-9-11(21-4)13(20)19-12/h5-9H,1-4H3,(H,16,19,20)/b6-5+. The summed E-state index contributed by atoms with van der Waals surface area (Å²) in [6.07, 6.45) is 8.35. The topological polar surface area (TPSA) is 80.8 Å². The lowest BCUT2D eigenvalue weighted by molar-refractivity contribution is 0.406. The van der Waals surface area contributed by atoms with Crippen LogP contribution in [0.5, 0.6) is 5.75 Å². The molecular formula is C15H18N4O2. The monoisotopic (exact) mass is 286 g/mol. The van der Waals surface area contributed by atoms with E-state index >= 15 is 0 Å². The van der Waals surface area contributed by atoms with Gasteiger partial charge in [0.25, 0.3) is 5.56 Å². The van der Waals surface area contributed by atoms with Gasteiger partial charge in [-0.2, -0.15) is 0 Å². The molecule has 0 bridgehead atoms.